The largest absolute Gasteiger partial charge is 0.340 e. The van der Waals surface area contributed by atoms with Gasteiger partial charge in [0.2, 0.25) is 5.91 Å². The van der Waals surface area contributed by atoms with Gasteiger partial charge in [-0.25, -0.2) is 0 Å². The van der Waals surface area contributed by atoms with Crippen molar-refractivity contribution in [2.75, 3.05) is 25.4 Å². The van der Waals surface area contributed by atoms with E-state index in [9.17, 15) is 4.79 Å². The van der Waals surface area contributed by atoms with Crippen molar-refractivity contribution in [3.8, 4) is 0 Å². The number of nitrogens with zero attached hydrogens (tertiary/aromatic N) is 1. The first kappa shape index (κ1) is 13.7. The van der Waals surface area contributed by atoms with E-state index in [1.165, 1.54) is 44.3 Å². The van der Waals surface area contributed by atoms with Gasteiger partial charge in [-0.15, -0.1) is 11.8 Å². The molecule has 1 N–H and O–H groups in total. The maximum atomic E-state index is 12.7. The zero-order valence-electron chi connectivity index (χ0n) is 11.8. The van der Waals surface area contributed by atoms with Crippen LogP contribution < -0.4 is 5.32 Å². The molecule has 1 aliphatic carbocycles. The molecule has 3 rings (SSSR count). The van der Waals surface area contributed by atoms with Gasteiger partial charge in [-0.3, -0.25) is 4.79 Å². The molecule has 19 heavy (non-hydrogen) atoms. The summed E-state index contributed by atoms with van der Waals surface area (Å²) in [4.78, 5) is 14.9. The summed E-state index contributed by atoms with van der Waals surface area (Å²) >= 11 is 1.89. The highest BCUT2D eigenvalue weighted by atomic mass is 32.2. The maximum Gasteiger partial charge on any atom is 0.235 e. The summed E-state index contributed by atoms with van der Waals surface area (Å²) < 4.78 is 0. The Morgan fingerprint density at radius 1 is 1.11 bits per heavy atom. The lowest BCUT2D eigenvalue weighted by molar-refractivity contribution is -0.131. The van der Waals surface area contributed by atoms with Gasteiger partial charge in [-0.05, 0) is 56.7 Å². The van der Waals surface area contributed by atoms with Crippen LogP contribution in [-0.2, 0) is 4.79 Å². The second-order valence-corrected chi connectivity index (χ2v) is 7.65. The van der Waals surface area contributed by atoms with Gasteiger partial charge in [0, 0.05) is 19.1 Å². The number of amides is 1. The molecule has 2 unspecified atom stereocenters. The summed E-state index contributed by atoms with van der Waals surface area (Å²) in [5.74, 6) is 2.42. The van der Waals surface area contributed by atoms with Crippen LogP contribution in [0.2, 0.25) is 0 Å². The Kier molecular flexibility index (Phi) is 4.69. The van der Waals surface area contributed by atoms with Gasteiger partial charge in [-0.2, -0.15) is 0 Å². The van der Waals surface area contributed by atoms with Gasteiger partial charge in [0.05, 0.1) is 5.25 Å². The van der Waals surface area contributed by atoms with E-state index >= 15 is 0 Å². The summed E-state index contributed by atoms with van der Waals surface area (Å²) in [6.45, 7) is 3.11. The molecule has 2 saturated heterocycles. The van der Waals surface area contributed by atoms with Crippen LogP contribution in [0, 0.1) is 5.92 Å². The fourth-order valence-corrected chi connectivity index (χ4v) is 4.46. The lowest BCUT2D eigenvalue weighted by atomic mass is 10.1. The molecule has 3 aliphatic rings. The Morgan fingerprint density at radius 2 is 2.00 bits per heavy atom. The number of hydrogen-bond acceptors (Lipinski definition) is 3. The minimum atomic E-state index is 0.258. The third-order valence-corrected chi connectivity index (χ3v) is 5.91. The molecule has 1 saturated carbocycles. The van der Waals surface area contributed by atoms with Crippen molar-refractivity contribution in [3.63, 3.8) is 0 Å². The number of carbonyl (C=O) groups excluding carboxylic acids is 1. The summed E-state index contributed by atoms with van der Waals surface area (Å²) in [7, 11) is 0. The van der Waals surface area contributed by atoms with Gasteiger partial charge < -0.3 is 10.2 Å². The third-order valence-electron chi connectivity index (χ3n) is 4.55. The predicted molar refractivity (Wildman–Crippen MR) is 80.4 cm³/mol. The molecule has 0 aromatic rings. The highest BCUT2D eigenvalue weighted by Gasteiger charge is 2.32. The second kappa shape index (κ2) is 6.49. The quantitative estimate of drug-likeness (QED) is 0.839. The van der Waals surface area contributed by atoms with E-state index in [2.05, 4.69) is 10.2 Å². The molecule has 2 aliphatic heterocycles. The summed E-state index contributed by atoms with van der Waals surface area (Å²) in [5, 5.41) is 3.80. The summed E-state index contributed by atoms with van der Waals surface area (Å²) in [6.07, 6.45) is 8.81. The Balaban J connectivity index is 1.57. The van der Waals surface area contributed by atoms with E-state index in [1.54, 1.807) is 0 Å². The molecule has 108 valence electrons. The molecule has 3 fully saturated rings. The van der Waals surface area contributed by atoms with Crippen molar-refractivity contribution in [2.45, 2.75) is 56.2 Å². The van der Waals surface area contributed by atoms with Crippen molar-refractivity contribution < 1.29 is 4.79 Å². The lowest BCUT2D eigenvalue weighted by Crippen LogP contribution is -2.46. The molecular weight excluding hydrogens is 256 g/mol. The van der Waals surface area contributed by atoms with E-state index in [4.69, 9.17) is 0 Å². The van der Waals surface area contributed by atoms with Crippen LogP contribution in [0.25, 0.3) is 0 Å². The fourth-order valence-electron chi connectivity index (χ4n) is 3.18. The van der Waals surface area contributed by atoms with Crippen molar-refractivity contribution >= 4 is 17.7 Å². The Morgan fingerprint density at radius 3 is 2.63 bits per heavy atom. The van der Waals surface area contributed by atoms with Gasteiger partial charge in [0.1, 0.15) is 0 Å². The summed E-state index contributed by atoms with van der Waals surface area (Å²) in [5.41, 5.74) is 0. The molecule has 2 atom stereocenters. The van der Waals surface area contributed by atoms with Gasteiger partial charge >= 0.3 is 0 Å². The molecule has 4 heteroatoms. The number of thioether (sulfide) groups is 1. The smallest absolute Gasteiger partial charge is 0.235 e. The molecule has 0 spiro atoms. The minimum absolute atomic E-state index is 0.258. The van der Waals surface area contributed by atoms with Crippen LogP contribution in [0.1, 0.15) is 44.9 Å². The number of carbonyl (C=O) groups is 1. The molecule has 1 amide bonds. The van der Waals surface area contributed by atoms with Crippen molar-refractivity contribution in [3.05, 3.63) is 0 Å². The van der Waals surface area contributed by atoms with Crippen LogP contribution >= 0.6 is 11.8 Å². The molecule has 2 heterocycles. The number of nitrogens with one attached hydrogen (secondary N) is 1. The highest BCUT2D eigenvalue weighted by molar-refractivity contribution is 8.00. The topological polar surface area (TPSA) is 32.3 Å². The van der Waals surface area contributed by atoms with Crippen LogP contribution in [0.4, 0.5) is 0 Å². The van der Waals surface area contributed by atoms with Crippen LogP contribution in [0.5, 0.6) is 0 Å². The molecule has 0 aromatic carbocycles. The van der Waals surface area contributed by atoms with E-state index in [0.717, 1.165) is 32.0 Å². The van der Waals surface area contributed by atoms with Gasteiger partial charge in [0.15, 0.2) is 0 Å². The monoisotopic (exact) mass is 282 g/mol. The molecular formula is C15H26N2OS. The summed E-state index contributed by atoms with van der Waals surface area (Å²) in [6, 6.07) is 0.552. The molecule has 0 bridgehead atoms. The third kappa shape index (κ3) is 3.88. The Hall–Kier alpha value is -0.220. The number of hydrogen-bond donors (Lipinski definition) is 1. The van der Waals surface area contributed by atoms with E-state index in [1.807, 2.05) is 11.8 Å². The predicted octanol–water partition coefficient (Wildman–Crippen LogP) is 2.26. The average Bonchev–Trinajstić information content (AvgIpc) is 3.12. The average molecular weight is 282 g/mol. The van der Waals surface area contributed by atoms with Crippen molar-refractivity contribution in [1.82, 2.24) is 10.2 Å². The molecule has 0 aromatic heterocycles. The molecule has 3 nitrogen and oxygen atoms in total. The highest BCUT2D eigenvalue weighted by Crippen LogP contribution is 2.32. The first-order valence-electron chi connectivity index (χ1n) is 7.96. The Bertz CT molecular complexity index is 307. The lowest BCUT2D eigenvalue weighted by Gasteiger charge is -2.31. The standard InChI is InChI=1S/C15H26N2OS/c18-15(14-5-1-2-9-19-14)17(10-12-6-7-12)11-13-4-3-8-16-13/h12-14,16H,1-11H2. The maximum absolute atomic E-state index is 12.7. The normalized spacial score (nSPS) is 31.4. The zero-order valence-corrected chi connectivity index (χ0v) is 12.6. The van der Waals surface area contributed by atoms with E-state index < -0.39 is 0 Å². The van der Waals surface area contributed by atoms with Crippen LogP contribution in [0.15, 0.2) is 0 Å². The fraction of sp³-hybridized carbons (Fsp3) is 0.933. The van der Waals surface area contributed by atoms with E-state index in [-0.39, 0.29) is 5.25 Å². The molecule has 0 radical (unpaired) electrons. The minimum Gasteiger partial charge on any atom is -0.340 e. The SMILES string of the molecule is O=C(C1CCCCS1)N(CC1CC1)CC1CCCN1. The first-order valence-corrected chi connectivity index (χ1v) is 9.01. The second-order valence-electron chi connectivity index (χ2n) is 6.34. The van der Waals surface area contributed by atoms with Crippen LogP contribution in [-0.4, -0.2) is 47.5 Å². The van der Waals surface area contributed by atoms with Gasteiger partial charge in [-0.1, -0.05) is 6.42 Å². The van der Waals surface area contributed by atoms with Crippen molar-refractivity contribution in [2.24, 2.45) is 5.92 Å². The van der Waals surface area contributed by atoms with E-state index in [0.29, 0.717) is 11.9 Å². The Labute approximate surface area is 120 Å². The van der Waals surface area contributed by atoms with Gasteiger partial charge in [0.25, 0.3) is 0 Å². The van der Waals surface area contributed by atoms with Crippen molar-refractivity contribution in [1.29, 1.82) is 0 Å². The number of rotatable bonds is 5. The first-order chi connectivity index (χ1) is 9.33. The van der Waals surface area contributed by atoms with Crippen LogP contribution in [0.3, 0.4) is 0 Å². The zero-order chi connectivity index (χ0) is 13.1.